The lowest BCUT2D eigenvalue weighted by Gasteiger charge is -2.38. The van der Waals surface area contributed by atoms with Crippen molar-refractivity contribution in [1.29, 1.82) is 0 Å². The number of aliphatic hydroxyl groups is 1. The summed E-state index contributed by atoms with van der Waals surface area (Å²) < 4.78 is 4.96. The molecule has 6 heteroatoms. The number of hydrogen-bond donors (Lipinski definition) is 1. The van der Waals surface area contributed by atoms with Gasteiger partial charge in [0.15, 0.2) is 0 Å². The van der Waals surface area contributed by atoms with E-state index < -0.39 is 24.0 Å². The van der Waals surface area contributed by atoms with E-state index in [1.165, 1.54) is 4.90 Å². The van der Waals surface area contributed by atoms with Gasteiger partial charge in [0.25, 0.3) is 0 Å². The van der Waals surface area contributed by atoms with Crippen LogP contribution in [-0.2, 0) is 19.1 Å². The second kappa shape index (κ2) is 5.69. The Morgan fingerprint density at radius 3 is 2.53 bits per heavy atom. The lowest BCUT2D eigenvalue weighted by molar-refractivity contribution is -0.161. The van der Waals surface area contributed by atoms with Crippen LogP contribution in [0.15, 0.2) is 0 Å². The van der Waals surface area contributed by atoms with Crippen LogP contribution in [0.4, 0.5) is 0 Å². The smallest absolute Gasteiger partial charge is 0.313 e. The molecule has 2 amide bonds. The van der Waals surface area contributed by atoms with Gasteiger partial charge in [-0.05, 0) is 26.2 Å². The average molecular weight is 269 g/mol. The topological polar surface area (TPSA) is 83.9 Å². The molecule has 0 unspecified atom stereocenters. The third-order valence-electron chi connectivity index (χ3n) is 3.81. The first-order valence-electron chi connectivity index (χ1n) is 6.75. The molecule has 0 aromatic rings. The number of carbonyl (C=O) groups is 3. The van der Waals surface area contributed by atoms with Gasteiger partial charge in [-0.25, -0.2) is 0 Å². The van der Waals surface area contributed by atoms with Gasteiger partial charge in [-0.15, -0.1) is 0 Å². The molecule has 1 saturated carbocycles. The predicted octanol–water partition coefficient (Wildman–Crippen LogP) is 0.228. The molecule has 1 N–H and O–H groups in total. The molecular formula is C13H19NO5. The molecule has 2 rings (SSSR count). The van der Waals surface area contributed by atoms with Crippen molar-refractivity contribution in [3.63, 3.8) is 0 Å². The summed E-state index contributed by atoms with van der Waals surface area (Å²) in [5.74, 6) is -1.83. The average Bonchev–Trinajstić information content (AvgIpc) is 2.69. The molecule has 19 heavy (non-hydrogen) atoms. The van der Waals surface area contributed by atoms with Crippen molar-refractivity contribution in [2.24, 2.45) is 5.92 Å². The number of esters is 1. The number of amides is 2. The van der Waals surface area contributed by atoms with Gasteiger partial charge < -0.3 is 9.84 Å². The summed E-state index contributed by atoms with van der Waals surface area (Å²) in [4.78, 5) is 36.7. The van der Waals surface area contributed by atoms with Crippen molar-refractivity contribution in [3.8, 4) is 0 Å². The van der Waals surface area contributed by atoms with Crippen molar-refractivity contribution in [2.45, 2.75) is 51.2 Å². The molecule has 1 aliphatic heterocycles. The fourth-order valence-corrected chi connectivity index (χ4v) is 2.96. The molecule has 2 fully saturated rings. The second-order valence-electron chi connectivity index (χ2n) is 5.00. The maximum absolute atomic E-state index is 12.0. The standard InChI is InChI=1S/C13H19NO5/c1-2-19-13(18)12-8(4-3-5-9(12)15)14-10(16)6-7-11(14)17/h8-9,12,15H,2-7H2,1H3/t8-,9-,12+/m0/s1. The van der Waals surface area contributed by atoms with Crippen LogP contribution in [0.3, 0.4) is 0 Å². The number of carbonyl (C=O) groups excluding carboxylic acids is 3. The molecule has 0 aromatic heterocycles. The molecule has 2 aliphatic rings. The Morgan fingerprint density at radius 2 is 1.95 bits per heavy atom. The molecular weight excluding hydrogens is 250 g/mol. The highest BCUT2D eigenvalue weighted by atomic mass is 16.5. The molecule has 0 aromatic carbocycles. The highest BCUT2D eigenvalue weighted by molar-refractivity contribution is 6.02. The molecule has 0 bridgehead atoms. The highest BCUT2D eigenvalue weighted by Crippen LogP contribution is 2.32. The van der Waals surface area contributed by atoms with E-state index in [1.54, 1.807) is 6.92 Å². The lowest BCUT2D eigenvalue weighted by Crippen LogP contribution is -2.53. The summed E-state index contributed by atoms with van der Waals surface area (Å²) in [6.07, 6.45) is 1.29. The quantitative estimate of drug-likeness (QED) is 0.585. The molecule has 1 heterocycles. The zero-order valence-corrected chi connectivity index (χ0v) is 11.0. The normalized spacial score (nSPS) is 31.7. The van der Waals surface area contributed by atoms with E-state index in [9.17, 15) is 19.5 Å². The van der Waals surface area contributed by atoms with Gasteiger partial charge in [0.05, 0.1) is 18.8 Å². The largest absolute Gasteiger partial charge is 0.466 e. The fraction of sp³-hybridized carbons (Fsp3) is 0.769. The zero-order chi connectivity index (χ0) is 14.0. The Hall–Kier alpha value is -1.43. The van der Waals surface area contributed by atoms with E-state index >= 15 is 0 Å². The minimum atomic E-state index is -0.848. The number of hydrogen-bond acceptors (Lipinski definition) is 5. The number of ether oxygens (including phenoxy) is 1. The Bertz CT molecular complexity index is 378. The molecule has 0 spiro atoms. The summed E-state index contributed by atoms with van der Waals surface area (Å²) in [6.45, 7) is 1.91. The number of rotatable bonds is 3. The molecule has 3 atom stereocenters. The third kappa shape index (κ3) is 2.63. The van der Waals surface area contributed by atoms with Crippen LogP contribution < -0.4 is 0 Å². The summed E-state index contributed by atoms with van der Waals surface area (Å²) >= 11 is 0. The van der Waals surface area contributed by atoms with E-state index in [4.69, 9.17) is 4.74 Å². The summed E-state index contributed by atoms with van der Waals surface area (Å²) in [5, 5.41) is 10.0. The maximum Gasteiger partial charge on any atom is 0.313 e. The Labute approximate surface area is 111 Å². The first-order chi connectivity index (χ1) is 9.06. The van der Waals surface area contributed by atoms with Crippen molar-refractivity contribution < 1.29 is 24.2 Å². The summed E-state index contributed by atoms with van der Waals surface area (Å²) in [7, 11) is 0. The van der Waals surface area contributed by atoms with Gasteiger partial charge in [0.2, 0.25) is 11.8 Å². The van der Waals surface area contributed by atoms with Crippen LogP contribution in [0.2, 0.25) is 0 Å². The second-order valence-corrected chi connectivity index (χ2v) is 5.00. The molecule has 1 aliphatic carbocycles. The van der Waals surface area contributed by atoms with Crippen LogP contribution in [0.1, 0.15) is 39.0 Å². The first-order valence-corrected chi connectivity index (χ1v) is 6.75. The monoisotopic (exact) mass is 269 g/mol. The third-order valence-corrected chi connectivity index (χ3v) is 3.81. The fourth-order valence-electron chi connectivity index (χ4n) is 2.96. The van der Waals surface area contributed by atoms with E-state index in [0.29, 0.717) is 19.3 Å². The first kappa shape index (κ1) is 14.0. The van der Waals surface area contributed by atoms with Crippen molar-refractivity contribution >= 4 is 17.8 Å². The van der Waals surface area contributed by atoms with Crippen molar-refractivity contribution in [1.82, 2.24) is 4.90 Å². The molecule has 1 saturated heterocycles. The molecule has 0 radical (unpaired) electrons. The van der Waals surface area contributed by atoms with E-state index in [-0.39, 0.29) is 31.3 Å². The van der Waals surface area contributed by atoms with Crippen LogP contribution in [0.25, 0.3) is 0 Å². The summed E-state index contributed by atoms with van der Waals surface area (Å²) in [6, 6.07) is -0.551. The van der Waals surface area contributed by atoms with E-state index in [1.807, 2.05) is 0 Å². The lowest BCUT2D eigenvalue weighted by atomic mass is 9.81. The maximum atomic E-state index is 12.0. The minimum absolute atomic E-state index is 0.195. The van der Waals surface area contributed by atoms with Crippen LogP contribution in [-0.4, -0.2) is 46.5 Å². The van der Waals surface area contributed by atoms with E-state index in [2.05, 4.69) is 0 Å². The summed E-state index contributed by atoms with van der Waals surface area (Å²) in [5.41, 5.74) is 0. The Balaban J connectivity index is 2.22. The van der Waals surface area contributed by atoms with Gasteiger partial charge in [0, 0.05) is 12.8 Å². The zero-order valence-electron chi connectivity index (χ0n) is 11.0. The minimum Gasteiger partial charge on any atom is -0.466 e. The molecule has 6 nitrogen and oxygen atoms in total. The van der Waals surface area contributed by atoms with E-state index in [0.717, 1.165) is 0 Å². The van der Waals surface area contributed by atoms with Crippen LogP contribution in [0, 0.1) is 5.92 Å². The predicted molar refractivity (Wildman–Crippen MR) is 64.9 cm³/mol. The van der Waals surface area contributed by atoms with Crippen molar-refractivity contribution in [3.05, 3.63) is 0 Å². The number of likely N-dealkylation sites (tertiary alicyclic amines) is 1. The Morgan fingerprint density at radius 1 is 1.32 bits per heavy atom. The van der Waals surface area contributed by atoms with Gasteiger partial charge in [-0.2, -0.15) is 0 Å². The van der Waals surface area contributed by atoms with Gasteiger partial charge in [-0.3, -0.25) is 19.3 Å². The van der Waals surface area contributed by atoms with Gasteiger partial charge in [0.1, 0.15) is 5.92 Å². The van der Waals surface area contributed by atoms with Crippen LogP contribution >= 0.6 is 0 Å². The van der Waals surface area contributed by atoms with Crippen LogP contribution in [0.5, 0.6) is 0 Å². The van der Waals surface area contributed by atoms with Gasteiger partial charge >= 0.3 is 5.97 Å². The highest BCUT2D eigenvalue weighted by Gasteiger charge is 2.46. The molecule has 106 valence electrons. The number of nitrogens with zero attached hydrogens (tertiary/aromatic N) is 1. The Kier molecular flexibility index (Phi) is 4.19. The van der Waals surface area contributed by atoms with Gasteiger partial charge in [-0.1, -0.05) is 0 Å². The van der Waals surface area contributed by atoms with Crippen molar-refractivity contribution in [2.75, 3.05) is 6.61 Å². The number of aliphatic hydroxyl groups excluding tert-OH is 1. The SMILES string of the molecule is CCOC(=O)[C@H]1[C@@H](O)CCC[C@@H]1N1C(=O)CCC1=O. The number of imide groups is 1.